The Morgan fingerprint density at radius 2 is 2.05 bits per heavy atom. The predicted octanol–water partition coefficient (Wildman–Crippen LogP) is -0.0417. The molecular formula is C11H13N5O4. The van der Waals surface area contributed by atoms with Gasteiger partial charge in [-0.15, -0.1) is 0 Å². The number of rotatable bonds is 4. The number of nitrogens with one attached hydrogen (secondary N) is 1. The van der Waals surface area contributed by atoms with Crippen LogP contribution in [0.1, 0.15) is 11.4 Å². The Bertz CT molecular complexity index is 770. The normalized spacial score (nSPS) is 10.7. The highest BCUT2D eigenvalue weighted by Crippen LogP contribution is 2.03. The van der Waals surface area contributed by atoms with Crippen LogP contribution >= 0.6 is 0 Å². The summed E-state index contributed by atoms with van der Waals surface area (Å²) >= 11 is 0. The van der Waals surface area contributed by atoms with Gasteiger partial charge in [0.1, 0.15) is 0 Å². The van der Waals surface area contributed by atoms with Crippen LogP contribution in [0.25, 0.3) is 0 Å². The van der Waals surface area contributed by atoms with E-state index in [1.54, 1.807) is 4.68 Å². The first-order valence-corrected chi connectivity index (χ1v) is 5.87. The van der Waals surface area contributed by atoms with E-state index in [4.69, 9.17) is 0 Å². The van der Waals surface area contributed by atoms with E-state index in [2.05, 4.69) is 5.10 Å². The average molecular weight is 279 g/mol. The lowest BCUT2D eigenvalue weighted by molar-refractivity contribution is -0.386. The maximum Gasteiger partial charge on any atom is 0.350 e. The molecule has 0 saturated carbocycles. The molecule has 106 valence electrons. The van der Waals surface area contributed by atoms with Gasteiger partial charge >= 0.3 is 16.9 Å². The largest absolute Gasteiger partial charge is 0.350 e. The molecule has 2 heterocycles. The molecule has 2 aromatic heterocycles. The fraction of sp³-hybridized carbons (Fsp3) is 0.364. The number of aromatic amines is 1. The lowest BCUT2D eigenvalue weighted by atomic mass is 10.4. The number of H-pyrrole nitrogens is 1. The fourth-order valence-electron chi connectivity index (χ4n) is 1.90. The monoisotopic (exact) mass is 279 g/mol. The van der Waals surface area contributed by atoms with Crippen LogP contribution in [0.3, 0.4) is 0 Å². The number of aromatic nitrogens is 4. The molecule has 0 aliphatic heterocycles. The standard InChI is InChI=1S/C11H13N5O4/c1-7-5-8(2)15(13-7)4-3-14-6-9(16(19)20)10(17)12-11(14)18/h5-6H,3-4H2,1-2H3,(H,12,17,18). The van der Waals surface area contributed by atoms with Gasteiger partial charge < -0.3 is 0 Å². The maximum absolute atomic E-state index is 11.6. The van der Waals surface area contributed by atoms with Crippen LogP contribution < -0.4 is 11.2 Å². The van der Waals surface area contributed by atoms with Gasteiger partial charge in [-0.1, -0.05) is 0 Å². The van der Waals surface area contributed by atoms with Crippen molar-refractivity contribution in [2.24, 2.45) is 0 Å². The quantitative estimate of drug-likeness (QED) is 0.622. The summed E-state index contributed by atoms with van der Waals surface area (Å²) in [5.41, 5.74) is -0.556. The van der Waals surface area contributed by atoms with Gasteiger partial charge in [0.2, 0.25) is 0 Å². The number of aryl methyl sites for hydroxylation is 4. The molecule has 2 aromatic rings. The SMILES string of the molecule is Cc1cc(C)n(CCn2cc([N+](=O)[O-])c(=O)[nH]c2=O)n1. The van der Waals surface area contributed by atoms with Gasteiger partial charge in [0.25, 0.3) is 0 Å². The molecule has 0 unspecified atom stereocenters. The highest BCUT2D eigenvalue weighted by atomic mass is 16.6. The zero-order valence-corrected chi connectivity index (χ0v) is 11.0. The van der Waals surface area contributed by atoms with Crippen LogP contribution in [0.4, 0.5) is 5.69 Å². The third-order valence-corrected chi connectivity index (χ3v) is 2.84. The molecule has 0 atom stereocenters. The van der Waals surface area contributed by atoms with Crippen LogP contribution in [0.2, 0.25) is 0 Å². The summed E-state index contributed by atoms with van der Waals surface area (Å²) in [5, 5.41) is 14.9. The Morgan fingerprint density at radius 3 is 2.60 bits per heavy atom. The van der Waals surface area contributed by atoms with Gasteiger partial charge in [0.15, 0.2) is 0 Å². The van der Waals surface area contributed by atoms with Gasteiger partial charge in [0.05, 0.1) is 23.4 Å². The molecule has 2 rings (SSSR count). The molecule has 20 heavy (non-hydrogen) atoms. The van der Waals surface area contributed by atoms with E-state index < -0.39 is 21.9 Å². The molecule has 0 aliphatic rings. The molecule has 0 aromatic carbocycles. The van der Waals surface area contributed by atoms with Gasteiger partial charge in [-0.25, -0.2) is 4.79 Å². The van der Waals surface area contributed by atoms with Crippen LogP contribution in [0, 0.1) is 24.0 Å². The van der Waals surface area contributed by atoms with Crippen molar-refractivity contribution in [3.8, 4) is 0 Å². The van der Waals surface area contributed by atoms with E-state index in [1.165, 1.54) is 0 Å². The Labute approximate surface area is 112 Å². The molecular weight excluding hydrogens is 266 g/mol. The van der Waals surface area contributed by atoms with Crippen LogP contribution in [0.15, 0.2) is 21.9 Å². The fourth-order valence-corrected chi connectivity index (χ4v) is 1.90. The van der Waals surface area contributed by atoms with Crippen molar-refractivity contribution in [1.29, 1.82) is 0 Å². The van der Waals surface area contributed by atoms with Crippen molar-refractivity contribution in [2.45, 2.75) is 26.9 Å². The summed E-state index contributed by atoms with van der Waals surface area (Å²) < 4.78 is 2.79. The molecule has 0 amide bonds. The third kappa shape index (κ3) is 2.66. The summed E-state index contributed by atoms with van der Waals surface area (Å²) in [6.07, 6.45) is 0.951. The lowest BCUT2D eigenvalue weighted by Crippen LogP contribution is -2.32. The predicted molar refractivity (Wildman–Crippen MR) is 69.7 cm³/mol. The summed E-state index contributed by atoms with van der Waals surface area (Å²) in [5.74, 6) is 0. The third-order valence-electron chi connectivity index (χ3n) is 2.84. The second kappa shape index (κ2) is 5.11. The Balaban J connectivity index is 2.28. The molecule has 0 bridgehead atoms. The van der Waals surface area contributed by atoms with Gasteiger partial charge in [-0.05, 0) is 19.9 Å². The van der Waals surface area contributed by atoms with Crippen molar-refractivity contribution in [1.82, 2.24) is 19.3 Å². The smallest absolute Gasteiger partial charge is 0.292 e. The molecule has 1 N–H and O–H groups in total. The zero-order valence-electron chi connectivity index (χ0n) is 11.0. The van der Waals surface area contributed by atoms with Crippen molar-refractivity contribution in [3.63, 3.8) is 0 Å². The molecule has 0 radical (unpaired) electrons. The average Bonchev–Trinajstić information content (AvgIpc) is 2.66. The number of hydrogen-bond acceptors (Lipinski definition) is 5. The van der Waals surface area contributed by atoms with Crippen molar-refractivity contribution < 1.29 is 4.92 Å². The number of nitro groups is 1. The Hall–Kier alpha value is -2.71. The summed E-state index contributed by atoms with van der Waals surface area (Å²) in [6, 6.07) is 1.89. The van der Waals surface area contributed by atoms with Crippen LogP contribution in [0.5, 0.6) is 0 Å². The molecule has 9 heteroatoms. The first-order chi connectivity index (χ1) is 9.38. The number of nitrogens with zero attached hydrogens (tertiary/aromatic N) is 4. The molecule has 0 saturated heterocycles. The zero-order chi connectivity index (χ0) is 14.9. The van der Waals surface area contributed by atoms with Gasteiger partial charge in [-0.2, -0.15) is 5.10 Å². The van der Waals surface area contributed by atoms with E-state index in [1.807, 2.05) is 24.9 Å². The first kappa shape index (κ1) is 13.7. The minimum Gasteiger partial charge on any atom is -0.292 e. The number of hydrogen-bond donors (Lipinski definition) is 1. The van der Waals surface area contributed by atoms with E-state index >= 15 is 0 Å². The summed E-state index contributed by atoms with van der Waals surface area (Å²) in [6.45, 7) is 4.28. The molecule has 0 fully saturated rings. The Morgan fingerprint density at radius 1 is 1.35 bits per heavy atom. The van der Waals surface area contributed by atoms with Crippen LogP contribution in [-0.2, 0) is 13.1 Å². The van der Waals surface area contributed by atoms with E-state index in [-0.39, 0.29) is 6.54 Å². The van der Waals surface area contributed by atoms with E-state index in [0.717, 1.165) is 22.2 Å². The van der Waals surface area contributed by atoms with Crippen molar-refractivity contribution >= 4 is 5.69 Å². The first-order valence-electron chi connectivity index (χ1n) is 5.87. The van der Waals surface area contributed by atoms with Crippen molar-refractivity contribution in [3.05, 3.63) is 54.6 Å². The van der Waals surface area contributed by atoms with Gasteiger partial charge in [-0.3, -0.25) is 29.1 Å². The molecule has 0 aliphatic carbocycles. The van der Waals surface area contributed by atoms with Crippen LogP contribution in [-0.4, -0.2) is 24.3 Å². The molecule has 0 spiro atoms. The van der Waals surface area contributed by atoms with E-state index in [0.29, 0.717) is 6.54 Å². The molecule has 9 nitrogen and oxygen atoms in total. The topological polar surface area (TPSA) is 116 Å². The van der Waals surface area contributed by atoms with E-state index in [9.17, 15) is 19.7 Å². The second-order valence-electron chi connectivity index (χ2n) is 4.37. The maximum atomic E-state index is 11.6. The summed E-state index contributed by atoms with van der Waals surface area (Å²) in [4.78, 5) is 34.6. The summed E-state index contributed by atoms with van der Waals surface area (Å²) in [7, 11) is 0. The lowest BCUT2D eigenvalue weighted by Gasteiger charge is -2.06. The highest BCUT2D eigenvalue weighted by molar-refractivity contribution is 5.20. The Kier molecular flexibility index (Phi) is 3.51. The van der Waals surface area contributed by atoms with Gasteiger partial charge in [0, 0.05) is 12.2 Å². The minimum absolute atomic E-state index is 0.179. The second-order valence-corrected chi connectivity index (χ2v) is 4.37. The highest BCUT2D eigenvalue weighted by Gasteiger charge is 2.14. The van der Waals surface area contributed by atoms with Crippen molar-refractivity contribution in [2.75, 3.05) is 0 Å². The minimum atomic E-state index is -0.998.